The van der Waals surface area contributed by atoms with Crippen LogP contribution in [0, 0.1) is 0 Å². The maximum atomic E-state index is 6.10. The molecule has 5 heteroatoms. The molecular weight excluding hydrogens is 250 g/mol. The van der Waals surface area contributed by atoms with Crippen molar-refractivity contribution in [3.05, 3.63) is 30.1 Å². The molecule has 3 N–H and O–H groups in total. The van der Waals surface area contributed by atoms with Gasteiger partial charge < -0.3 is 15.6 Å². The van der Waals surface area contributed by atoms with Crippen molar-refractivity contribution in [1.82, 2.24) is 14.9 Å². The Morgan fingerprint density at radius 1 is 1.20 bits per heavy atom. The minimum absolute atomic E-state index is 0.539. The van der Waals surface area contributed by atoms with E-state index in [1.54, 1.807) is 0 Å². The van der Waals surface area contributed by atoms with E-state index in [0.29, 0.717) is 12.5 Å². The number of hydrogen-bond acceptors (Lipinski definition) is 2. The fraction of sp³-hybridized carbons (Fsp3) is 0.467. The molecule has 1 fully saturated rings. The van der Waals surface area contributed by atoms with Crippen molar-refractivity contribution in [1.29, 1.82) is 0 Å². The summed E-state index contributed by atoms with van der Waals surface area (Å²) >= 11 is 0. The van der Waals surface area contributed by atoms with Gasteiger partial charge in [0.15, 0.2) is 5.96 Å². The van der Waals surface area contributed by atoms with Crippen LogP contribution in [0.4, 0.5) is 0 Å². The number of rotatable bonds is 2. The summed E-state index contributed by atoms with van der Waals surface area (Å²) in [5, 5.41) is 1.12. The van der Waals surface area contributed by atoms with E-state index in [-0.39, 0.29) is 0 Å². The highest BCUT2D eigenvalue weighted by molar-refractivity contribution is 5.78. The summed E-state index contributed by atoms with van der Waals surface area (Å²) in [5.74, 6) is 0.653. The average molecular weight is 271 g/mol. The fourth-order valence-electron chi connectivity index (χ4n) is 2.62. The fourth-order valence-corrected chi connectivity index (χ4v) is 2.62. The lowest BCUT2D eigenvalue weighted by Gasteiger charge is -2.20. The average Bonchev–Trinajstić information content (AvgIpc) is 2.76. The Labute approximate surface area is 118 Å². The van der Waals surface area contributed by atoms with Crippen molar-refractivity contribution in [3.63, 3.8) is 0 Å². The van der Waals surface area contributed by atoms with Gasteiger partial charge in [0, 0.05) is 24.7 Å². The summed E-state index contributed by atoms with van der Waals surface area (Å²) in [4.78, 5) is 14.3. The van der Waals surface area contributed by atoms with E-state index in [1.165, 1.54) is 25.7 Å². The van der Waals surface area contributed by atoms with Gasteiger partial charge in [-0.05, 0) is 31.0 Å². The van der Waals surface area contributed by atoms with Crippen LogP contribution in [-0.2, 0) is 6.54 Å². The van der Waals surface area contributed by atoms with Gasteiger partial charge in [0.05, 0.1) is 12.2 Å². The molecule has 0 aromatic carbocycles. The Balaban J connectivity index is 1.68. The first kappa shape index (κ1) is 13.0. The lowest BCUT2D eigenvalue weighted by atomic mass is 10.2. The molecule has 0 bridgehead atoms. The van der Waals surface area contributed by atoms with E-state index in [2.05, 4.69) is 25.9 Å². The molecule has 5 nitrogen and oxygen atoms in total. The molecule has 0 atom stereocenters. The SMILES string of the molecule is NC(=NCc1ccc2cc[nH]c2n1)N1CCCCCC1. The van der Waals surface area contributed by atoms with Gasteiger partial charge in [-0.25, -0.2) is 9.98 Å². The number of aromatic nitrogens is 2. The number of nitrogens with one attached hydrogen (secondary N) is 1. The first-order valence-corrected chi connectivity index (χ1v) is 7.31. The van der Waals surface area contributed by atoms with Crippen molar-refractivity contribution < 1.29 is 0 Å². The van der Waals surface area contributed by atoms with Gasteiger partial charge >= 0.3 is 0 Å². The van der Waals surface area contributed by atoms with Gasteiger partial charge in [0.25, 0.3) is 0 Å². The summed E-state index contributed by atoms with van der Waals surface area (Å²) in [7, 11) is 0. The maximum Gasteiger partial charge on any atom is 0.191 e. The third-order valence-electron chi connectivity index (χ3n) is 3.80. The highest BCUT2D eigenvalue weighted by Gasteiger charge is 2.10. The van der Waals surface area contributed by atoms with E-state index in [1.807, 2.05) is 18.3 Å². The number of nitrogens with two attached hydrogens (primary N) is 1. The molecule has 106 valence electrons. The molecule has 1 aliphatic heterocycles. The highest BCUT2D eigenvalue weighted by Crippen LogP contribution is 2.12. The molecule has 2 aromatic rings. The van der Waals surface area contributed by atoms with Crippen LogP contribution in [0.3, 0.4) is 0 Å². The van der Waals surface area contributed by atoms with E-state index in [9.17, 15) is 0 Å². The second-order valence-corrected chi connectivity index (χ2v) is 5.29. The Morgan fingerprint density at radius 3 is 2.80 bits per heavy atom. The number of likely N-dealkylation sites (tertiary alicyclic amines) is 1. The van der Waals surface area contributed by atoms with Crippen LogP contribution in [0.1, 0.15) is 31.4 Å². The summed E-state index contributed by atoms with van der Waals surface area (Å²) in [6.07, 6.45) is 6.92. The number of H-pyrrole nitrogens is 1. The van der Waals surface area contributed by atoms with E-state index in [0.717, 1.165) is 29.8 Å². The molecule has 2 aromatic heterocycles. The van der Waals surface area contributed by atoms with Crippen LogP contribution < -0.4 is 5.73 Å². The molecule has 3 heterocycles. The minimum Gasteiger partial charge on any atom is -0.370 e. The lowest BCUT2D eigenvalue weighted by Crippen LogP contribution is -2.38. The Bertz CT molecular complexity index is 593. The first-order chi connectivity index (χ1) is 9.83. The molecule has 0 aliphatic carbocycles. The number of nitrogens with zero attached hydrogens (tertiary/aromatic N) is 3. The van der Waals surface area contributed by atoms with E-state index < -0.39 is 0 Å². The molecule has 0 unspecified atom stereocenters. The number of guanidine groups is 1. The van der Waals surface area contributed by atoms with Crippen molar-refractivity contribution in [2.24, 2.45) is 10.7 Å². The number of hydrogen-bond donors (Lipinski definition) is 2. The second kappa shape index (κ2) is 5.94. The monoisotopic (exact) mass is 271 g/mol. The molecular formula is C15H21N5. The molecule has 20 heavy (non-hydrogen) atoms. The zero-order valence-corrected chi connectivity index (χ0v) is 11.7. The number of aliphatic imine (C=N–C) groups is 1. The zero-order valence-electron chi connectivity index (χ0n) is 11.7. The van der Waals surface area contributed by atoms with Gasteiger partial charge in [-0.2, -0.15) is 0 Å². The van der Waals surface area contributed by atoms with Gasteiger partial charge in [0.1, 0.15) is 5.65 Å². The first-order valence-electron chi connectivity index (χ1n) is 7.31. The molecule has 0 saturated carbocycles. The van der Waals surface area contributed by atoms with E-state index in [4.69, 9.17) is 5.73 Å². The van der Waals surface area contributed by atoms with Crippen LogP contribution in [0.25, 0.3) is 11.0 Å². The number of pyridine rings is 1. The van der Waals surface area contributed by atoms with Gasteiger partial charge in [0.2, 0.25) is 0 Å². The molecule has 3 rings (SSSR count). The van der Waals surface area contributed by atoms with E-state index >= 15 is 0 Å². The predicted molar refractivity (Wildman–Crippen MR) is 81.5 cm³/mol. The maximum absolute atomic E-state index is 6.10. The predicted octanol–water partition coefficient (Wildman–Crippen LogP) is 2.25. The third-order valence-corrected chi connectivity index (χ3v) is 3.80. The number of fused-ring (bicyclic) bond motifs is 1. The quantitative estimate of drug-likeness (QED) is 0.650. The van der Waals surface area contributed by atoms with Crippen molar-refractivity contribution in [2.45, 2.75) is 32.2 Å². The summed E-state index contributed by atoms with van der Waals surface area (Å²) in [6, 6.07) is 6.09. The molecule has 1 aliphatic rings. The van der Waals surface area contributed by atoms with Crippen molar-refractivity contribution in [3.8, 4) is 0 Å². The highest BCUT2D eigenvalue weighted by atomic mass is 15.2. The van der Waals surface area contributed by atoms with Crippen molar-refractivity contribution in [2.75, 3.05) is 13.1 Å². The van der Waals surface area contributed by atoms with Crippen LogP contribution in [0.15, 0.2) is 29.4 Å². The standard InChI is InChI=1S/C15H21N5/c16-15(20-9-3-1-2-4-10-20)18-11-13-6-5-12-7-8-17-14(12)19-13/h5-8H,1-4,9-11H2,(H2,16,18)(H,17,19). The van der Waals surface area contributed by atoms with Crippen LogP contribution in [-0.4, -0.2) is 33.9 Å². The molecule has 0 amide bonds. The lowest BCUT2D eigenvalue weighted by molar-refractivity contribution is 0.428. The smallest absolute Gasteiger partial charge is 0.191 e. The second-order valence-electron chi connectivity index (χ2n) is 5.29. The minimum atomic E-state index is 0.539. The summed E-state index contributed by atoms with van der Waals surface area (Å²) in [5.41, 5.74) is 7.95. The molecule has 0 spiro atoms. The topological polar surface area (TPSA) is 70.3 Å². The summed E-state index contributed by atoms with van der Waals surface area (Å²) < 4.78 is 0. The zero-order chi connectivity index (χ0) is 13.8. The Hall–Kier alpha value is -2.04. The largest absolute Gasteiger partial charge is 0.370 e. The van der Waals surface area contributed by atoms with Gasteiger partial charge in [-0.1, -0.05) is 12.8 Å². The van der Waals surface area contributed by atoms with Crippen LogP contribution in [0.2, 0.25) is 0 Å². The Kier molecular flexibility index (Phi) is 3.85. The normalized spacial score (nSPS) is 17.4. The Morgan fingerprint density at radius 2 is 2.00 bits per heavy atom. The van der Waals surface area contributed by atoms with Crippen LogP contribution in [0.5, 0.6) is 0 Å². The number of aromatic amines is 1. The summed E-state index contributed by atoms with van der Waals surface area (Å²) in [6.45, 7) is 2.59. The van der Waals surface area contributed by atoms with Gasteiger partial charge in [-0.15, -0.1) is 0 Å². The molecule has 1 saturated heterocycles. The van der Waals surface area contributed by atoms with Crippen molar-refractivity contribution >= 4 is 17.0 Å². The van der Waals surface area contributed by atoms with Gasteiger partial charge in [-0.3, -0.25) is 0 Å². The van der Waals surface area contributed by atoms with Crippen LogP contribution >= 0.6 is 0 Å². The molecule has 0 radical (unpaired) electrons. The third kappa shape index (κ3) is 2.92.